The number of fused-ring (bicyclic) bond motifs is 1. The van der Waals surface area contributed by atoms with Crippen LogP contribution in [-0.2, 0) is 4.79 Å². The topological polar surface area (TPSA) is 81.6 Å². The van der Waals surface area contributed by atoms with E-state index in [1.165, 1.54) is 0 Å². The molecule has 0 bridgehead atoms. The molecule has 1 saturated heterocycles. The van der Waals surface area contributed by atoms with Gasteiger partial charge in [0, 0.05) is 49.9 Å². The smallest absolute Gasteiger partial charge is 0.231 e. The van der Waals surface area contributed by atoms with Crippen LogP contribution in [-0.4, -0.2) is 65.2 Å². The van der Waals surface area contributed by atoms with E-state index < -0.39 is 6.10 Å². The van der Waals surface area contributed by atoms with Crippen molar-refractivity contribution in [2.75, 3.05) is 44.2 Å². The van der Waals surface area contributed by atoms with Gasteiger partial charge < -0.3 is 20.2 Å². The van der Waals surface area contributed by atoms with Gasteiger partial charge in [0.1, 0.15) is 12.1 Å². The Hall–Kier alpha value is -2.22. The number of rotatable bonds is 6. The minimum atomic E-state index is -0.518. The van der Waals surface area contributed by atoms with Gasteiger partial charge in [-0.1, -0.05) is 51.4 Å². The Kier molecular flexibility index (Phi) is 7.45. The fourth-order valence-corrected chi connectivity index (χ4v) is 5.07. The van der Waals surface area contributed by atoms with Crippen LogP contribution in [0.1, 0.15) is 68.9 Å². The van der Waals surface area contributed by atoms with E-state index in [0.717, 1.165) is 29.2 Å². The summed E-state index contributed by atoms with van der Waals surface area (Å²) in [7, 11) is 0. The molecule has 4 rings (SSSR count). The van der Waals surface area contributed by atoms with Crippen molar-refractivity contribution in [2.45, 2.75) is 52.1 Å². The van der Waals surface area contributed by atoms with Crippen molar-refractivity contribution in [1.82, 2.24) is 20.2 Å². The lowest BCUT2D eigenvalue weighted by Crippen LogP contribution is -2.51. The van der Waals surface area contributed by atoms with Gasteiger partial charge in [0.25, 0.3) is 0 Å². The number of anilines is 1. The molecule has 1 aromatic carbocycles. The Labute approximate surface area is 207 Å². The molecule has 7 nitrogen and oxygen atoms in total. The number of carbonyl (C=O) groups is 1. The van der Waals surface area contributed by atoms with Crippen LogP contribution in [0.25, 0.3) is 0 Å². The molecule has 2 aromatic rings. The number of hydrogen-bond donors (Lipinski definition) is 2. The van der Waals surface area contributed by atoms with E-state index in [9.17, 15) is 9.90 Å². The summed E-state index contributed by atoms with van der Waals surface area (Å²) in [5, 5.41) is 14.5. The molecule has 2 N–H and O–H groups in total. The lowest BCUT2D eigenvalue weighted by molar-refractivity contribution is -0.133. The predicted octanol–water partition coefficient (Wildman–Crippen LogP) is 3.74. The van der Waals surface area contributed by atoms with Gasteiger partial charge in [0.05, 0.1) is 17.7 Å². The monoisotopic (exact) mass is 485 g/mol. The number of aliphatic hydroxyl groups excluding tert-OH is 1. The van der Waals surface area contributed by atoms with Crippen LogP contribution in [0, 0.1) is 5.41 Å². The van der Waals surface area contributed by atoms with Gasteiger partial charge in [-0.15, -0.1) is 0 Å². The molecule has 2 aliphatic rings. The van der Waals surface area contributed by atoms with Crippen molar-refractivity contribution in [3.8, 4) is 0 Å². The van der Waals surface area contributed by atoms with Crippen molar-refractivity contribution >= 4 is 23.3 Å². The zero-order valence-electron chi connectivity index (χ0n) is 20.6. The maximum atomic E-state index is 13.6. The molecule has 8 heteroatoms. The summed E-state index contributed by atoms with van der Waals surface area (Å²) >= 11 is 6.10. The first-order valence-electron chi connectivity index (χ1n) is 12.2. The van der Waals surface area contributed by atoms with Gasteiger partial charge in [-0.05, 0) is 35.4 Å². The van der Waals surface area contributed by atoms with E-state index in [1.54, 1.807) is 6.33 Å². The number of piperazine rings is 1. The predicted molar refractivity (Wildman–Crippen MR) is 135 cm³/mol. The maximum Gasteiger partial charge on any atom is 0.231 e. The van der Waals surface area contributed by atoms with Crippen LogP contribution in [0.15, 0.2) is 30.6 Å². The Morgan fingerprint density at radius 2 is 1.85 bits per heavy atom. The van der Waals surface area contributed by atoms with Crippen molar-refractivity contribution in [1.29, 1.82) is 0 Å². The molecule has 0 spiro atoms. The highest BCUT2D eigenvalue weighted by Crippen LogP contribution is 2.42. The Morgan fingerprint density at radius 3 is 2.50 bits per heavy atom. The molecule has 1 aromatic heterocycles. The minimum absolute atomic E-state index is 0.139. The number of benzene rings is 1. The van der Waals surface area contributed by atoms with Crippen LogP contribution in [0.3, 0.4) is 0 Å². The Balaban J connectivity index is 1.46. The second kappa shape index (κ2) is 10.2. The number of nitrogens with one attached hydrogen (secondary N) is 1. The number of amides is 1. The van der Waals surface area contributed by atoms with E-state index in [4.69, 9.17) is 11.6 Å². The molecular weight excluding hydrogens is 450 g/mol. The summed E-state index contributed by atoms with van der Waals surface area (Å²) in [6.45, 7) is 12.8. The average molecular weight is 486 g/mol. The van der Waals surface area contributed by atoms with Crippen molar-refractivity contribution < 1.29 is 9.90 Å². The third-order valence-corrected chi connectivity index (χ3v) is 7.00. The fraction of sp³-hybridized carbons (Fsp3) is 0.577. The van der Waals surface area contributed by atoms with Gasteiger partial charge in [-0.3, -0.25) is 4.79 Å². The molecule has 0 radical (unpaired) electrons. The molecule has 1 aliphatic heterocycles. The van der Waals surface area contributed by atoms with Gasteiger partial charge in [-0.25, -0.2) is 9.97 Å². The van der Waals surface area contributed by atoms with E-state index >= 15 is 0 Å². The minimum Gasteiger partial charge on any atom is -0.387 e. The number of hydrogen-bond acceptors (Lipinski definition) is 6. The van der Waals surface area contributed by atoms with E-state index in [-0.39, 0.29) is 23.2 Å². The highest BCUT2D eigenvalue weighted by molar-refractivity contribution is 6.30. The van der Waals surface area contributed by atoms with Gasteiger partial charge >= 0.3 is 0 Å². The lowest BCUT2D eigenvalue weighted by atomic mass is 9.94. The van der Waals surface area contributed by atoms with Crippen molar-refractivity contribution in [2.24, 2.45) is 5.41 Å². The van der Waals surface area contributed by atoms with Crippen LogP contribution >= 0.6 is 11.6 Å². The molecule has 1 aliphatic carbocycles. The summed E-state index contributed by atoms with van der Waals surface area (Å²) in [5.41, 5.74) is 2.93. The third-order valence-electron chi connectivity index (χ3n) is 6.74. The van der Waals surface area contributed by atoms with Gasteiger partial charge in [0.15, 0.2) is 0 Å². The highest BCUT2D eigenvalue weighted by atomic mass is 35.5. The molecular formula is C26H36ClN5O2. The summed E-state index contributed by atoms with van der Waals surface area (Å²) in [5.74, 6) is 1.01. The van der Waals surface area contributed by atoms with Crippen LogP contribution < -0.4 is 10.2 Å². The number of carbonyl (C=O) groups excluding carboxylic acids is 1. The molecule has 0 saturated carbocycles. The zero-order valence-corrected chi connectivity index (χ0v) is 21.3. The Morgan fingerprint density at radius 1 is 1.18 bits per heavy atom. The van der Waals surface area contributed by atoms with Gasteiger partial charge in [-0.2, -0.15) is 0 Å². The second-order valence-electron chi connectivity index (χ2n) is 10.8. The first-order chi connectivity index (χ1) is 16.1. The molecule has 2 heterocycles. The fourth-order valence-electron chi connectivity index (χ4n) is 4.95. The first-order valence-corrected chi connectivity index (χ1v) is 12.5. The van der Waals surface area contributed by atoms with Crippen molar-refractivity contribution in [3.05, 3.63) is 52.4 Å². The number of nitrogens with zero attached hydrogens (tertiary/aromatic N) is 4. The van der Waals surface area contributed by atoms with E-state index in [2.05, 4.69) is 47.9 Å². The number of aromatic nitrogens is 2. The maximum absolute atomic E-state index is 13.6. The largest absolute Gasteiger partial charge is 0.387 e. The number of halogens is 1. The molecule has 1 fully saturated rings. The standard InChI is InChI=1S/C26H36ClN5O2/c1-17-13-21(33)23-22(17)24(30-16-29-23)31-9-11-32(12-10-31)25(34)20(14-28-15-26(2,3)4)18-5-7-19(27)8-6-18/h5-8,16-17,20-21,28,33H,9-15H2,1-4H3/t17?,20?,21-/m1/s1. The highest BCUT2D eigenvalue weighted by Gasteiger charge is 2.35. The summed E-state index contributed by atoms with van der Waals surface area (Å²) < 4.78 is 0. The quantitative estimate of drug-likeness (QED) is 0.648. The first kappa shape index (κ1) is 24.9. The molecule has 1 amide bonds. The van der Waals surface area contributed by atoms with Crippen molar-refractivity contribution in [3.63, 3.8) is 0 Å². The van der Waals surface area contributed by atoms with E-state index in [1.807, 2.05) is 29.2 Å². The zero-order chi connectivity index (χ0) is 24.5. The molecule has 184 valence electrons. The Bertz CT molecular complexity index is 999. The summed E-state index contributed by atoms with van der Waals surface area (Å²) in [4.78, 5) is 26.7. The summed E-state index contributed by atoms with van der Waals surface area (Å²) in [6.07, 6.45) is 1.71. The average Bonchev–Trinajstić information content (AvgIpc) is 3.10. The van der Waals surface area contributed by atoms with Crippen LogP contribution in [0.2, 0.25) is 5.02 Å². The molecule has 2 unspecified atom stereocenters. The molecule has 34 heavy (non-hydrogen) atoms. The van der Waals surface area contributed by atoms with Gasteiger partial charge in [0.2, 0.25) is 5.91 Å². The van der Waals surface area contributed by atoms with Crippen LogP contribution in [0.5, 0.6) is 0 Å². The lowest BCUT2D eigenvalue weighted by Gasteiger charge is -2.38. The second-order valence-corrected chi connectivity index (χ2v) is 11.2. The van der Waals surface area contributed by atoms with Crippen LogP contribution in [0.4, 0.5) is 5.82 Å². The normalized spacial score (nSPS) is 21.5. The molecule has 3 atom stereocenters. The SMILES string of the molecule is CC1C[C@@H](O)c2ncnc(N3CCN(C(=O)C(CNCC(C)(C)C)c4ccc(Cl)cc4)CC3)c21. The third kappa shape index (κ3) is 5.53. The summed E-state index contributed by atoms with van der Waals surface area (Å²) in [6, 6.07) is 7.61. The van der Waals surface area contributed by atoms with E-state index in [0.29, 0.717) is 44.2 Å². The number of aliphatic hydroxyl groups is 1.